The SMILES string of the molecule is CCCC/C(C(C)=O)=C1/OC(c2ccccc2)c2ccccc21. The Bertz CT molecular complexity index is 729. The molecule has 0 N–H and O–H groups in total. The number of Topliss-reactive ketones (excluding diaryl/α,β-unsaturated/α-hetero) is 1. The van der Waals surface area contributed by atoms with E-state index in [1.807, 2.05) is 30.3 Å². The first kappa shape index (κ1) is 15.5. The van der Waals surface area contributed by atoms with Crippen molar-refractivity contribution in [2.75, 3.05) is 0 Å². The van der Waals surface area contributed by atoms with E-state index in [1.54, 1.807) is 6.92 Å². The van der Waals surface area contributed by atoms with Crippen LogP contribution in [0.2, 0.25) is 0 Å². The maximum absolute atomic E-state index is 12.2. The molecule has 1 heterocycles. The Morgan fingerprint density at radius 2 is 1.74 bits per heavy atom. The molecule has 1 atom stereocenters. The van der Waals surface area contributed by atoms with Crippen molar-refractivity contribution >= 4 is 11.5 Å². The molecule has 0 saturated heterocycles. The third-order valence-electron chi connectivity index (χ3n) is 4.31. The van der Waals surface area contributed by atoms with Crippen molar-refractivity contribution in [3.8, 4) is 0 Å². The molecule has 2 nitrogen and oxygen atoms in total. The van der Waals surface area contributed by atoms with Crippen molar-refractivity contribution in [2.24, 2.45) is 0 Å². The van der Waals surface area contributed by atoms with Gasteiger partial charge in [0.25, 0.3) is 0 Å². The highest BCUT2D eigenvalue weighted by atomic mass is 16.5. The van der Waals surface area contributed by atoms with Gasteiger partial charge in [0.2, 0.25) is 0 Å². The number of rotatable bonds is 5. The van der Waals surface area contributed by atoms with E-state index in [0.717, 1.165) is 47.3 Å². The molecule has 23 heavy (non-hydrogen) atoms. The lowest BCUT2D eigenvalue weighted by Crippen LogP contribution is -2.02. The molecular formula is C21H22O2. The van der Waals surface area contributed by atoms with Crippen LogP contribution < -0.4 is 0 Å². The Balaban J connectivity index is 2.09. The quantitative estimate of drug-likeness (QED) is 0.701. The minimum Gasteiger partial charge on any atom is -0.480 e. The molecule has 0 fully saturated rings. The van der Waals surface area contributed by atoms with Crippen LogP contribution in [0, 0.1) is 0 Å². The Morgan fingerprint density at radius 3 is 2.43 bits per heavy atom. The number of ether oxygens (including phenoxy) is 1. The van der Waals surface area contributed by atoms with Crippen molar-refractivity contribution < 1.29 is 9.53 Å². The van der Waals surface area contributed by atoms with Gasteiger partial charge in [0, 0.05) is 16.7 Å². The molecule has 1 unspecified atom stereocenters. The summed E-state index contributed by atoms with van der Waals surface area (Å²) in [5.74, 6) is 0.882. The van der Waals surface area contributed by atoms with Crippen molar-refractivity contribution in [1.29, 1.82) is 0 Å². The van der Waals surface area contributed by atoms with Gasteiger partial charge in [-0.1, -0.05) is 67.9 Å². The summed E-state index contributed by atoms with van der Waals surface area (Å²) in [6, 6.07) is 18.4. The first-order valence-electron chi connectivity index (χ1n) is 8.27. The maximum atomic E-state index is 12.2. The number of benzene rings is 2. The number of carbonyl (C=O) groups is 1. The molecule has 118 valence electrons. The number of allylic oxidation sites excluding steroid dienone is 1. The zero-order valence-electron chi connectivity index (χ0n) is 13.7. The molecule has 0 aromatic heterocycles. The predicted octanol–water partition coefficient (Wildman–Crippen LogP) is 5.30. The molecule has 2 aromatic rings. The van der Waals surface area contributed by atoms with Gasteiger partial charge in [-0.25, -0.2) is 0 Å². The minimum absolute atomic E-state index is 0.108. The molecule has 0 spiro atoms. The molecule has 0 radical (unpaired) electrons. The van der Waals surface area contributed by atoms with Crippen molar-refractivity contribution in [1.82, 2.24) is 0 Å². The van der Waals surface area contributed by atoms with Gasteiger partial charge in [0.05, 0.1) is 0 Å². The van der Waals surface area contributed by atoms with Crippen LogP contribution in [0.15, 0.2) is 60.2 Å². The van der Waals surface area contributed by atoms with Crippen LogP contribution in [0.4, 0.5) is 0 Å². The normalized spacial score (nSPS) is 18.3. The fraction of sp³-hybridized carbons (Fsp3) is 0.286. The van der Waals surface area contributed by atoms with Crippen molar-refractivity contribution in [3.63, 3.8) is 0 Å². The molecule has 3 rings (SSSR count). The Kier molecular flexibility index (Phi) is 4.61. The monoisotopic (exact) mass is 306 g/mol. The second-order valence-electron chi connectivity index (χ2n) is 5.96. The van der Waals surface area contributed by atoms with Gasteiger partial charge in [-0.3, -0.25) is 4.79 Å². The molecular weight excluding hydrogens is 284 g/mol. The number of fused-ring (bicyclic) bond motifs is 1. The second kappa shape index (κ2) is 6.82. The van der Waals surface area contributed by atoms with Crippen LogP contribution in [0.5, 0.6) is 0 Å². The lowest BCUT2D eigenvalue weighted by atomic mass is 9.96. The van der Waals surface area contributed by atoms with Gasteiger partial charge >= 0.3 is 0 Å². The van der Waals surface area contributed by atoms with Gasteiger partial charge in [-0.05, 0) is 25.3 Å². The first-order chi connectivity index (χ1) is 11.2. The van der Waals surface area contributed by atoms with Crippen LogP contribution in [0.1, 0.15) is 55.9 Å². The van der Waals surface area contributed by atoms with Gasteiger partial charge in [0.15, 0.2) is 5.78 Å². The second-order valence-corrected chi connectivity index (χ2v) is 5.96. The average Bonchev–Trinajstić information content (AvgIpc) is 2.95. The highest BCUT2D eigenvalue weighted by Gasteiger charge is 2.31. The zero-order chi connectivity index (χ0) is 16.2. The maximum Gasteiger partial charge on any atom is 0.159 e. The van der Waals surface area contributed by atoms with E-state index < -0.39 is 0 Å². The van der Waals surface area contributed by atoms with Crippen LogP contribution in [-0.2, 0) is 9.53 Å². The van der Waals surface area contributed by atoms with Gasteiger partial charge < -0.3 is 4.74 Å². The molecule has 0 bridgehead atoms. The fourth-order valence-electron chi connectivity index (χ4n) is 3.09. The first-order valence-corrected chi connectivity index (χ1v) is 8.27. The fourth-order valence-corrected chi connectivity index (χ4v) is 3.09. The minimum atomic E-state index is -0.127. The van der Waals surface area contributed by atoms with Crippen LogP contribution in [0.3, 0.4) is 0 Å². The number of hydrogen-bond donors (Lipinski definition) is 0. The highest BCUT2D eigenvalue weighted by molar-refractivity contribution is 6.00. The molecule has 0 aliphatic carbocycles. The molecule has 1 aliphatic heterocycles. The van der Waals surface area contributed by atoms with Gasteiger partial charge in [0.1, 0.15) is 11.9 Å². The van der Waals surface area contributed by atoms with E-state index in [-0.39, 0.29) is 11.9 Å². The number of ketones is 1. The third-order valence-corrected chi connectivity index (χ3v) is 4.31. The standard InChI is InChI=1S/C21H22O2/c1-3-4-12-17(15(2)22)21-19-14-9-8-13-18(19)20(23-21)16-10-6-5-7-11-16/h5-11,13-14,20H,3-4,12H2,1-2H3/b21-17-. The van der Waals surface area contributed by atoms with Crippen LogP contribution in [-0.4, -0.2) is 5.78 Å². The summed E-state index contributed by atoms with van der Waals surface area (Å²) in [7, 11) is 0. The van der Waals surface area contributed by atoms with Crippen LogP contribution in [0.25, 0.3) is 5.76 Å². The molecule has 2 heteroatoms. The van der Waals surface area contributed by atoms with Crippen molar-refractivity contribution in [3.05, 3.63) is 76.9 Å². The number of carbonyl (C=O) groups excluding carboxylic acids is 1. The summed E-state index contributed by atoms with van der Waals surface area (Å²) in [5, 5.41) is 0. The summed E-state index contributed by atoms with van der Waals surface area (Å²) in [4.78, 5) is 12.2. The molecule has 0 amide bonds. The van der Waals surface area contributed by atoms with Gasteiger partial charge in [-0.2, -0.15) is 0 Å². The van der Waals surface area contributed by atoms with E-state index >= 15 is 0 Å². The Labute approximate surface area is 137 Å². The third kappa shape index (κ3) is 3.07. The highest BCUT2D eigenvalue weighted by Crippen LogP contribution is 2.44. The Hall–Kier alpha value is -2.35. The van der Waals surface area contributed by atoms with Crippen molar-refractivity contribution in [2.45, 2.75) is 39.2 Å². The predicted molar refractivity (Wildman–Crippen MR) is 92.9 cm³/mol. The molecule has 2 aromatic carbocycles. The molecule has 0 saturated carbocycles. The van der Waals surface area contributed by atoms with E-state index in [9.17, 15) is 4.79 Å². The zero-order valence-corrected chi connectivity index (χ0v) is 13.7. The van der Waals surface area contributed by atoms with E-state index in [2.05, 4.69) is 31.2 Å². The summed E-state index contributed by atoms with van der Waals surface area (Å²) in [5.41, 5.74) is 4.14. The largest absolute Gasteiger partial charge is 0.480 e. The van der Waals surface area contributed by atoms with Crippen LogP contribution >= 0.6 is 0 Å². The number of unbranched alkanes of at least 4 members (excludes halogenated alkanes) is 1. The summed E-state index contributed by atoms with van der Waals surface area (Å²) < 4.78 is 6.30. The van der Waals surface area contributed by atoms with Gasteiger partial charge in [-0.15, -0.1) is 0 Å². The summed E-state index contributed by atoms with van der Waals surface area (Å²) in [6.45, 7) is 3.78. The Morgan fingerprint density at radius 1 is 1.04 bits per heavy atom. The smallest absolute Gasteiger partial charge is 0.159 e. The number of hydrogen-bond acceptors (Lipinski definition) is 2. The lowest BCUT2D eigenvalue weighted by Gasteiger charge is -2.14. The van der Waals surface area contributed by atoms with E-state index in [0.29, 0.717) is 0 Å². The molecule has 1 aliphatic rings. The average molecular weight is 306 g/mol. The lowest BCUT2D eigenvalue weighted by molar-refractivity contribution is -0.113. The summed E-state index contributed by atoms with van der Waals surface area (Å²) in [6.07, 6.45) is 2.71. The summed E-state index contributed by atoms with van der Waals surface area (Å²) >= 11 is 0. The van der Waals surface area contributed by atoms with E-state index in [1.165, 1.54) is 0 Å². The topological polar surface area (TPSA) is 26.3 Å². The van der Waals surface area contributed by atoms with E-state index in [4.69, 9.17) is 4.74 Å².